The molecule has 0 radical (unpaired) electrons. The molecule has 0 saturated carbocycles. The van der Waals surface area contributed by atoms with E-state index in [1.54, 1.807) is 12.1 Å². The molecule has 0 aromatic heterocycles. The summed E-state index contributed by atoms with van der Waals surface area (Å²) in [4.78, 5) is 0. The van der Waals surface area contributed by atoms with Gasteiger partial charge in [-0.1, -0.05) is 0 Å². The average Bonchev–Trinajstić information content (AvgIpc) is 2.37. The summed E-state index contributed by atoms with van der Waals surface area (Å²) in [5.74, 6) is -0.216. The Bertz CT molecular complexity index is 386. The molecule has 3 nitrogen and oxygen atoms in total. The van der Waals surface area contributed by atoms with Crippen molar-refractivity contribution in [2.75, 3.05) is 18.5 Å². The van der Waals surface area contributed by atoms with Gasteiger partial charge in [-0.25, -0.2) is 0 Å². The fourth-order valence-electron chi connectivity index (χ4n) is 1.97. The number of benzene rings is 1. The predicted octanol–water partition coefficient (Wildman–Crippen LogP) is 3.57. The summed E-state index contributed by atoms with van der Waals surface area (Å²) in [5.41, 5.74) is 0.753. The van der Waals surface area contributed by atoms with Crippen molar-refractivity contribution in [1.29, 1.82) is 0 Å². The topological polar surface area (TPSA) is 30.5 Å². The van der Waals surface area contributed by atoms with Crippen LogP contribution in [-0.2, 0) is 4.74 Å². The lowest BCUT2D eigenvalue weighted by Crippen LogP contribution is -2.26. The molecule has 1 unspecified atom stereocenters. The second-order valence-electron chi connectivity index (χ2n) is 4.44. The van der Waals surface area contributed by atoms with E-state index in [-0.39, 0.29) is 11.9 Å². The lowest BCUT2D eigenvalue weighted by Gasteiger charge is -2.23. The van der Waals surface area contributed by atoms with Crippen molar-refractivity contribution < 1.29 is 22.6 Å². The Balaban J connectivity index is 1.81. The van der Waals surface area contributed by atoms with Gasteiger partial charge in [0.25, 0.3) is 0 Å². The molecule has 0 aliphatic carbocycles. The van der Waals surface area contributed by atoms with E-state index in [0.717, 1.165) is 31.6 Å². The number of rotatable bonds is 4. The summed E-state index contributed by atoms with van der Waals surface area (Å²) in [5, 5.41) is 3.14. The summed E-state index contributed by atoms with van der Waals surface area (Å²) in [6.07, 6.45) is -1.20. The molecule has 1 fully saturated rings. The fourth-order valence-corrected chi connectivity index (χ4v) is 1.97. The van der Waals surface area contributed by atoms with Gasteiger partial charge in [0.05, 0.1) is 6.10 Å². The molecule has 106 valence electrons. The fraction of sp³-hybridized carbons (Fsp3) is 0.538. The molecule has 1 aliphatic heterocycles. The first kappa shape index (κ1) is 14.0. The van der Waals surface area contributed by atoms with Crippen molar-refractivity contribution in [2.24, 2.45) is 0 Å². The molecule has 19 heavy (non-hydrogen) atoms. The zero-order chi connectivity index (χ0) is 13.7. The van der Waals surface area contributed by atoms with Crippen molar-refractivity contribution in [3.63, 3.8) is 0 Å². The number of ether oxygens (including phenoxy) is 2. The molecule has 1 saturated heterocycles. The van der Waals surface area contributed by atoms with Crippen molar-refractivity contribution >= 4 is 5.69 Å². The van der Waals surface area contributed by atoms with Gasteiger partial charge >= 0.3 is 6.36 Å². The predicted molar refractivity (Wildman–Crippen MR) is 65.2 cm³/mol. The van der Waals surface area contributed by atoms with E-state index in [1.165, 1.54) is 12.1 Å². The first-order valence-electron chi connectivity index (χ1n) is 6.24. The Morgan fingerprint density at radius 3 is 2.53 bits per heavy atom. The minimum absolute atomic E-state index is 0.180. The Kier molecular flexibility index (Phi) is 4.52. The largest absolute Gasteiger partial charge is 0.573 e. The van der Waals surface area contributed by atoms with Crippen molar-refractivity contribution in [3.05, 3.63) is 24.3 Å². The quantitative estimate of drug-likeness (QED) is 0.911. The maximum atomic E-state index is 12.0. The number of alkyl halides is 3. The van der Waals surface area contributed by atoms with Crippen LogP contribution in [0.2, 0.25) is 0 Å². The summed E-state index contributed by atoms with van der Waals surface area (Å²) in [6, 6.07) is 5.70. The SMILES string of the molecule is FC(F)(F)Oc1ccc(NCC2CCCCO2)cc1. The Labute approximate surface area is 109 Å². The van der Waals surface area contributed by atoms with Crippen LogP contribution in [0.5, 0.6) is 5.75 Å². The zero-order valence-electron chi connectivity index (χ0n) is 10.4. The monoisotopic (exact) mass is 275 g/mol. The molecule has 1 atom stereocenters. The van der Waals surface area contributed by atoms with Crippen LogP contribution < -0.4 is 10.1 Å². The average molecular weight is 275 g/mol. The minimum Gasteiger partial charge on any atom is -0.406 e. The van der Waals surface area contributed by atoms with Crippen molar-refractivity contribution in [3.8, 4) is 5.75 Å². The Hall–Kier alpha value is -1.43. The van der Waals surface area contributed by atoms with Gasteiger partial charge in [-0.3, -0.25) is 0 Å². The molecule has 2 rings (SSSR count). The molecule has 1 heterocycles. The van der Waals surface area contributed by atoms with Crippen LogP contribution >= 0.6 is 0 Å². The third kappa shape index (κ3) is 4.98. The highest BCUT2D eigenvalue weighted by Gasteiger charge is 2.30. The Morgan fingerprint density at radius 1 is 1.21 bits per heavy atom. The molecule has 0 spiro atoms. The maximum Gasteiger partial charge on any atom is 0.573 e. The molecular formula is C13H16F3NO2. The second kappa shape index (κ2) is 6.14. The molecule has 1 aliphatic rings. The number of hydrogen-bond acceptors (Lipinski definition) is 3. The van der Waals surface area contributed by atoms with Crippen LogP contribution in [0.3, 0.4) is 0 Å². The first-order valence-corrected chi connectivity index (χ1v) is 6.24. The third-order valence-corrected chi connectivity index (χ3v) is 2.90. The smallest absolute Gasteiger partial charge is 0.406 e. The molecule has 1 N–H and O–H groups in total. The van der Waals surface area contributed by atoms with E-state index in [0.29, 0.717) is 6.54 Å². The lowest BCUT2D eigenvalue weighted by atomic mass is 10.1. The third-order valence-electron chi connectivity index (χ3n) is 2.90. The lowest BCUT2D eigenvalue weighted by molar-refractivity contribution is -0.274. The van der Waals surface area contributed by atoms with Gasteiger partial charge in [0.2, 0.25) is 0 Å². The van der Waals surface area contributed by atoms with Gasteiger partial charge in [-0.15, -0.1) is 13.2 Å². The summed E-state index contributed by atoms with van der Waals surface area (Å²) in [7, 11) is 0. The van der Waals surface area contributed by atoms with Crippen LogP contribution in [0.25, 0.3) is 0 Å². The summed E-state index contributed by atoms with van der Waals surface area (Å²) < 4.78 is 45.3. The van der Waals surface area contributed by atoms with Crippen LogP contribution in [0.4, 0.5) is 18.9 Å². The Morgan fingerprint density at radius 2 is 1.95 bits per heavy atom. The van der Waals surface area contributed by atoms with E-state index >= 15 is 0 Å². The molecule has 6 heteroatoms. The first-order chi connectivity index (χ1) is 9.03. The number of hydrogen-bond donors (Lipinski definition) is 1. The van der Waals surface area contributed by atoms with Crippen LogP contribution in [0.15, 0.2) is 24.3 Å². The maximum absolute atomic E-state index is 12.0. The van der Waals surface area contributed by atoms with Gasteiger partial charge in [0.15, 0.2) is 0 Å². The molecule has 0 bridgehead atoms. The normalized spacial score (nSPS) is 20.1. The summed E-state index contributed by atoms with van der Waals surface area (Å²) in [6.45, 7) is 1.45. The van der Waals surface area contributed by atoms with E-state index in [9.17, 15) is 13.2 Å². The highest BCUT2D eigenvalue weighted by Crippen LogP contribution is 2.24. The number of nitrogens with one attached hydrogen (secondary N) is 1. The van der Waals surface area contributed by atoms with Gasteiger partial charge < -0.3 is 14.8 Å². The van der Waals surface area contributed by atoms with Gasteiger partial charge in [0.1, 0.15) is 5.75 Å². The van der Waals surface area contributed by atoms with Crippen LogP contribution in [0.1, 0.15) is 19.3 Å². The van der Waals surface area contributed by atoms with Crippen molar-refractivity contribution in [1.82, 2.24) is 0 Å². The standard InChI is InChI=1S/C13H16F3NO2/c14-13(15,16)19-11-6-4-10(5-7-11)17-9-12-3-1-2-8-18-12/h4-7,12,17H,1-3,8-9H2. The highest BCUT2D eigenvalue weighted by atomic mass is 19.4. The number of anilines is 1. The summed E-state index contributed by atoms with van der Waals surface area (Å²) >= 11 is 0. The number of halogens is 3. The molecule has 1 aromatic carbocycles. The van der Waals surface area contributed by atoms with Gasteiger partial charge in [0, 0.05) is 18.8 Å². The van der Waals surface area contributed by atoms with E-state index in [2.05, 4.69) is 10.1 Å². The highest BCUT2D eigenvalue weighted by molar-refractivity contribution is 5.46. The molecular weight excluding hydrogens is 259 g/mol. The molecule has 1 aromatic rings. The van der Waals surface area contributed by atoms with Gasteiger partial charge in [-0.05, 0) is 43.5 Å². The van der Waals surface area contributed by atoms with E-state index in [1.807, 2.05) is 0 Å². The second-order valence-corrected chi connectivity index (χ2v) is 4.44. The minimum atomic E-state index is -4.65. The molecule has 0 amide bonds. The van der Waals surface area contributed by atoms with Crippen LogP contribution in [0, 0.1) is 0 Å². The zero-order valence-corrected chi connectivity index (χ0v) is 10.4. The van der Waals surface area contributed by atoms with Gasteiger partial charge in [-0.2, -0.15) is 0 Å². The van der Waals surface area contributed by atoms with E-state index < -0.39 is 6.36 Å². The van der Waals surface area contributed by atoms with E-state index in [4.69, 9.17) is 4.74 Å². The van der Waals surface area contributed by atoms with Crippen LogP contribution in [-0.4, -0.2) is 25.6 Å². The van der Waals surface area contributed by atoms with Crippen molar-refractivity contribution in [2.45, 2.75) is 31.7 Å².